The number of hydrogen-bond donors (Lipinski definition) is 1. The van der Waals surface area contributed by atoms with Gasteiger partial charge in [0.05, 0.1) is 12.8 Å². The number of methoxy groups -OCH3 is 1. The van der Waals surface area contributed by atoms with Gasteiger partial charge in [0, 0.05) is 10.5 Å². The Kier molecular flexibility index (Phi) is 4.94. The molecule has 112 valence electrons. The molecule has 0 heterocycles. The molecule has 1 unspecified atom stereocenters. The molecular weight excluding hydrogens is 326 g/mol. The number of ether oxygens (including phenoxy) is 1. The fraction of sp³-hybridized carbons (Fsp3) is 0.333. The van der Waals surface area contributed by atoms with Gasteiger partial charge in [-0.05, 0) is 62.6 Å². The first-order valence-corrected chi connectivity index (χ1v) is 7.89. The van der Waals surface area contributed by atoms with Crippen LogP contribution >= 0.6 is 15.9 Å². The van der Waals surface area contributed by atoms with Crippen LogP contribution in [0.15, 0.2) is 34.8 Å². The van der Waals surface area contributed by atoms with E-state index in [0.29, 0.717) is 0 Å². The van der Waals surface area contributed by atoms with E-state index in [-0.39, 0.29) is 6.04 Å². The van der Waals surface area contributed by atoms with Gasteiger partial charge in [0.15, 0.2) is 0 Å². The van der Waals surface area contributed by atoms with Crippen LogP contribution in [-0.2, 0) is 0 Å². The zero-order valence-electron chi connectivity index (χ0n) is 13.3. The molecule has 3 heteroatoms. The average molecular weight is 348 g/mol. The second-order valence-corrected chi connectivity index (χ2v) is 6.44. The molecule has 2 aromatic carbocycles. The number of nitrogens with one attached hydrogen (secondary N) is 1. The molecule has 0 amide bonds. The van der Waals surface area contributed by atoms with Crippen molar-refractivity contribution in [3.8, 4) is 5.75 Å². The van der Waals surface area contributed by atoms with Gasteiger partial charge >= 0.3 is 0 Å². The Morgan fingerprint density at radius 3 is 2.24 bits per heavy atom. The van der Waals surface area contributed by atoms with E-state index in [1.54, 1.807) is 7.11 Å². The van der Waals surface area contributed by atoms with Crippen molar-refractivity contribution in [1.29, 1.82) is 0 Å². The molecule has 0 bridgehead atoms. The van der Waals surface area contributed by atoms with E-state index in [0.717, 1.165) is 15.9 Å². The van der Waals surface area contributed by atoms with Crippen molar-refractivity contribution in [1.82, 2.24) is 0 Å². The third-order valence-electron chi connectivity index (χ3n) is 3.70. The van der Waals surface area contributed by atoms with E-state index in [9.17, 15) is 0 Å². The third kappa shape index (κ3) is 3.59. The first-order chi connectivity index (χ1) is 9.92. The zero-order valence-corrected chi connectivity index (χ0v) is 14.8. The van der Waals surface area contributed by atoms with Gasteiger partial charge < -0.3 is 10.1 Å². The molecule has 2 aromatic rings. The van der Waals surface area contributed by atoms with Crippen LogP contribution in [0, 0.1) is 20.8 Å². The van der Waals surface area contributed by atoms with E-state index in [4.69, 9.17) is 4.74 Å². The van der Waals surface area contributed by atoms with Crippen molar-refractivity contribution in [2.45, 2.75) is 33.7 Å². The second kappa shape index (κ2) is 6.52. The Balaban J connectivity index is 2.34. The summed E-state index contributed by atoms with van der Waals surface area (Å²) in [5.41, 5.74) is 6.30. The van der Waals surface area contributed by atoms with Crippen LogP contribution < -0.4 is 10.1 Å². The summed E-state index contributed by atoms with van der Waals surface area (Å²) in [7, 11) is 1.70. The van der Waals surface area contributed by atoms with Crippen molar-refractivity contribution >= 4 is 21.6 Å². The van der Waals surface area contributed by atoms with Gasteiger partial charge in [0.25, 0.3) is 0 Å². The predicted molar refractivity (Wildman–Crippen MR) is 93.4 cm³/mol. The maximum absolute atomic E-state index is 5.43. The molecule has 2 rings (SSSR count). The predicted octanol–water partition coefficient (Wildman–Crippen LogP) is 5.56. The van der Waals surface area contributed by atoms with Crippen molar-refractivity contribution < 1.29 is 4.74 Å². The second-order valence-electron chi connectivity index (χ2n) is 5.52. The fourth-order valence-electron chi connectivity index (χ4n) is 2.97. The van der Waals surface area contributed by atoms with Gasteiger partial charge in [0.1, 0.15) is 5.75 Å². The summed E-state index contributed by atoms with van der Waals surface area (Å²) < 4.78 is 6.47. The van der Waals surface area contributed by atoms with Crippen LogP contribution in [0.1, 0.15) is 35.2 Å². The summed E-state index contributed by atoms with van der Waals surface area (Å²) in [4.78, 5) is 0. The van der Waals surface area contributed by atoms with E-state index < -0.39 is 0 Å². The minimum Gasteiger partial charge on any atom is -0.495 e. The summed E-state index contributed by atoms with van der Waals surface area (Å²) in [6.07, 6.45) is 0. The molecule has 0 fully saturated rings. The Hall–Kier alpha value is -1.48. The van der Waals surface area contributed by atoms with Crippen LogP contribution in [0.4, 0.5) is 5.69 Å². The Morgan fingerprint density at radius 1 is 1.05 bits per heavy atom. The molecular formula is C18H22BrNO. The Labute approximate surface area is 135 Å². The largest absolute Gasteiger partial charge is 0.495 e. The SMILES string of the molecule is COc1ccc(Br)cc1NC(C)c1c(C)cc(C)cc1C. The van der Waals surface area contributed by atoms with Crippen LogP contribution in [0.5, 0.6) is 5.75 Å². The number of anilines is 1. The van der Waals surface area contributed by atoms with Crippen LogP contribution in [0.25, 0.3) is 0 Å². The molecule has 1 N–H and O–H groups in total. The molecule has 0 aliphatic heterocycles. The van der Waals surface area contributed by atoms with Gasteiger partial charge in [-0.2, -0.15) is 0 Å². The Morgan fingerprint density at radius 2 is 1.67 bits per heavy atom. The molecule has 0 aromatic heterocycles. The van der Waals surface area contributed by atoms with Crippen LogP contribution in [0.2, 0.25) is 0 Å². The minimum atomic E-state index is 0.216. The van der Waals surface area contributed by atoms with Gasteiger partial charge in [-0.15, -0.1) is 0 Å². The standard InChI is InChI=1S/C18H22BrNO/c1-11-8-12(2)18(13(3)9-11)14(4)20-16-10-15(19)6-7-17(16)21-5/h6-10,14,20H,1-5H3. The molecule has 0 radical (unpaired) electrons. The Bertz CT molecular complexity index is 629. The van der Waals surface area contributed by atoms with Crippen molar-refractivity contribution in [3.05, 3.63) is 57.1 Å². The molecule has 1 atom stereocenters. The minimum absolute atomic E-state index is 0.216. The number of halogens is 1. The summed E-state index contributed by atoms with van der Waals surface area (Å²) >= 11 is 3.51. The zero-order chi connectivity index (χ0) is 15.6. The van der Waals surface area contributed by atoms with Gasteiger partial charge in [-0.3, -0.25) is 0 Å². The van der Waals surface area contributed by atoms with Crippen molar-refractivity contribution in [3.63, 3.8) is 0 Å². The van der Waals surface area contributed by atoms with Crippen LogP contribution in [0.3, 0.4) is 0 Å². The molecule has 0 aliphatic carbocycles. The number of hydrogen-bond acceptors (Lipinski definition) is 2. The molecule has 0 aliphatic rings. The highest BCUT2D eigenvalue weighted by molar-refractivity contribution is 9.10. The lowest BCUT2D eigenvalue weighted by molar-refractivity contribution is 0.416. The smallest absolute Gasteiger partial charge is 0.142 e. The topological polar surface area (TPSA) is 21.3 Å². The first-order valence-electron chi connectivity index (χ1n) is 7.10. The highest BCUT2D eigenvalue weighted by atomic mass is 79.9. The lowest BCUT2D eigenvalue weighted by Crippen LogP contribution is -2.11. The van der Waals surface area contributed by atoms with E-state index in [1.807, 2.05) is 18.2 Å². The molecule has 0 saturated carbocycles. The molecule has 0 spiro atoms. The van der Waals surface area contributed by atoms with Gasteiger partial charge in [-0.1, -0.05) is 33.6 Å². The first kappa shape index (κ1) is 15.9. The highest BCUT2D eigenvalue weighted by Gasteiger charge is 2.14. The van der Waals surface area contributed by atoms with Crippen molar-refractivity contribution in [2.75, 3.05) is 12.4 Å². The van der Waals surface area contributed by atoms with E-state index in [1.165, 1.54) is 22.3 Å². The lowest BCUT2D eigenvalue weighted by Gasteiger charge is -2.22. The fourth-order valence-corrected chi connectivity index (χ4v) is 3.33. The monoisotopic (exact) mass is 347 g/mol. The maximum Gasteiger partial charge on any atom is 0.142 e. The molecule has 2 nitrogen and oxygen atoms in total. The van der Waals surface area contributed by atoms with Crippen LogP contribution in [-0.4, -0.2) is 7.11 Å². The third-order valence-corrected chi connectivity index (χ3v) is 4.20. The van der Waals surface area contributed by atoms with E-state index >= 15 is 0 Å². The number of aryl methyl sites for hydroxylation is 3. The molecule has 21 heavy (non-hydrogen) atoms. The summed E-state index contributed by atoms with van der Waals surface area (Å²) in [5, 5.41) is 3.56. The number of benzene rings is 2. The quantitative estimate of drug-likeness (QED) is 0.781. The van der Waals surface area contributed by atoms with E-state index in [2.05, 4.69) is 61.1 Å². The number of rotatable bonds is 4. The van der Waals surface area contributed by atoms with Crippen molar-refractivity contribution in [2.24, 2.45) is 0 Å². The summed E-state index contributed by atoms with van der Waals surface area (Å²) in [5.74, 6) is 0.854. The normalized spacial score (nSPS) is 12.1. The average Bonchev–Trinajstić information content (AvgIpc) is 2.37. The maximum atomic E-state index is 5.43. The van der Waals surface area contributed by atoms with Gasteiger partial charge in [0.2, 0.25) is 0 Å². The van der Waals surface area contributed by atoms with Gasteiger partial charge in [-0.25, -0.2) is 0 Å². The lowest BCUT2D eigenvalue weighted by atomic mass is 9.94. The summed E-state index contributed by atoms with van der Waals surface area (Å²) in [6, 6.07) is 10.7. The summed E-state index contributed by atoms with van der Waals surface area (Å²) in [6.45, 7) is 8.67. The highest BCUT2D eigenvalue weighted by Crippen LogP contribution is 2.33. The molecule has 0 saturated heterocycles.